The lowest BCUT2D eigenvalue weighted by Gasteiger charge is -2.06. The number of aromatic carboxylic acids is 1. The number of hydrogen-bond acceptors (Lipinski definition) is 3. The summed E-state index contributed by atoms with van der Waals surface area (Å²) >= 11 is 3.05. The number of benzene rings is 1. The highest BCUT2D eigenvalue weighted by Crippen LogP contribution is 2.26. The van der Waals surface area contributed by atoms with Crippen LogP contribution in [-0.4, -0.2) is 26.8 Å². The van der Waals surface area contributed by atoms with Crippen molar-refractivity contribution in [3.05, 3.63) is 45.8 Å². The molecular weight excluding hydrogens is 333 g/mol. The van der Waals surface area contributed by atoms with Crippen molar-refractivity contribution in [2.75, 3.05) is 5.32 Å². The number of aryl methyl sites for hydroxylation is 1. The highest BCUT2D eigenvalue weighted by atomic mass is 79.9. The summed E-state index contributed by atoms with van der Waals surface area (Å²) in [6, 6.07) is 5.48. The van der Waals surface area contributed by atoms with E-state index in [1.54, 1.807) is 0 Å². The van der Waals surface area contributed by atoms with Crippen LogP contribution >= 0.6 is 15.9 Å². The Balaban J connectivity index is 2.34. The van der Waals surface area contributed by atoms with Crippen LogP contribution in [0.1, 0.15) is 20.8 Å². The van der Waals surface area contributed by atoms with Crippen LogP contribution in [0.5, 0.6) is 0 Å². The molecule has 1 aromatic heterocycles. The Morgan fingerprint density at radius 1 is 1.40 bits per heavy atom. The lowest BCUT2D eigenvalue weighted by atomic mass is 10.2. The molecule has 0 aliphatic rings. The third-order valence-electron chi connectivity index (χ3n) is 2.54. The van der Waals surface area contributed by atoms with Crippen molar-refractivity contribution in [3.63, 3.8) is 0 Å². The van der Waals surface area contributed by atoms with Crippen molar-refractivity contribution >= 4 is 33.6 Å². The van der Waals surface area contributed by atoms with Crippen LogP contribution in [0.2, 0.25) is 0 Å². The average molecular weight is 342 g/mol. The zero-order chi connectivity index (χ0) is 14.9. The smallest absolute Gasteiger partial charge is 0.357 e. The molecule has 2 N–H and O–H groups in total. The van der Waals surface area contributed by atoms with Crippen LogP contribution in [0, 0.1) is 5.82 Å². The predicted octanol–water partition coefficient (Wildman–Crippen LogP) is 2.27. The number of nitrogens with zero attached hydrogens (tertiary/aromatic N) is 2. The third kappa shape index (κ3) is 2.55. The van der Waals surface area contributed by atoms with E-state index in [9.17, 15) is 14.0 Å². The van der Waals surface area contributed by atoms with Crippen LogP contribution in [0.25, 0.3) is 0 Å². The first-order valence-corrected chi connectivity index (χ1v) is 6.22. The van der Waals surface area contributed by atoms with Crippen molar-refractivity contribution < 1.29 is 19.1 Å². The molecule has 0 aliphatic carbocycles. The van der Waals surface area contributed by atoms with Crippen molar-refractivity contribution in [3.8, 4) is 0 Å². The van der Waals surface area contributed by atoms with E-state index in [1.165, 1.54) is 29.9 Å². The van der Waals surface area contributed by atoms with E-state index in [0.717, 1.165) is 6.07 Å². The number of nitrogens with one attached hydrogen (secondary N) is 1. The summed E-state index contributed by atoms with van der Waals surface area (Å²) in [6.07, 6.45) is 0. The van der Waals surface area contributed by atoms with Crippen LogP contribution in [-0.2, 0) is 7.05 Å². The number of carbonyl (C=O) groups excluding carboxylic acids is 1. The molecule has 0 saturated carbocycles. The maximum absolute atomic E-state index is 13.5. The Morgan fingerprint density at radius 3 is 2.60 bits per heavy atom. The molecule has 20 heavy (non-hydrogen) atoms. The Bertz CT molecular complexity index is 699. The lowest BCUT2D eigenvalue weighted by Crippen LogP contribution is -2.16. The SMILES string of the molecule is Cn1nc(C(=O)O)c(Br)c1NC(=O)c1ccccc1F. The highest BCUT2D eigenvalue weighted by Gasteiger charge is 2.21. The molecule has 8 heteroatoms. The van der Waals surface area contributed by atoms with Gasteiger partial charge in [-0.1, -0.05) is 12.1 Å². The molecule has 2 rings (SSSR count). The number of aromatic nitrogens is 2. The Kier molecular flexibility index (Phi) is 3.84. The predicted molar refractivity (Wildman–Crippen MR) is 72.2 cm³/mol. The van der Waals surface area contributed by atoms with Gasteiger partial charge in [-0.05, 0) is 28.1 Å². The number of carbonyl (C=O) groups is 2. The van der Waals surface area contributed by atoms with Gasteiger partial charge in [0.05, 0.1) is 10.0 Å². The molecule has 0 fully saturated rings. The molecule has 2 aromatic rings. The number of anilines is 1. The van der Waals surface area contributed by atoms with Gasteiger partial charge in [-0.2, -0.15) is 5.10 Å². The number of amides is 1. The van der Waals surface area contributed by atoms with Gasteiger partial charge in [-0.15, -0.1) is 0 Å². The van der Waals surface area contributed by atoms with E-state index in [0.29, 0.717) is 0 Å². The van der Waals surface area contributed by atoms with Gasteiger partial charge in [0.2, 0.25) is 0 Å². The quantitative estimate of drug-likeness (QED) is 0.896. The summed E-state index contributed by atoms with van der Waals surface area (Å²) in [5.41, 5.74) is -0.381. The van der Waals surface area contributed by atoms with E-state index >= 15 is 0 Å². The summed E-state index contributed by atoms with van der Waals surface area (Å²) in [4.78, 5) is 22.9. The highest BCUT2D eigenvalue weighted by molar-refractivity contribution is 9.10. The second-order valence-corrected chi connectivity index (χ2v) is 4.67. The molecule has 1 aromatic carbocycles. The fourth-order valence-corrected chi connectivity index (χ4v) is 2.20. The van der Waals surface area contributed by atoms with E-state index < -0.39 is 17.7 Å². The maximum Gasteiger partial charge on any atom is 0.357 e. The minimum Gasteiger partial charge on any atom is -0.476 e. The molecule has 0 bridgehead atoms. The number of carboxylic acids is 1. The van der Waals surface area contributed by atoms with Crippen LogP contribution in [0.4, 0.5) is 10.2 Å². The van der Waals surface area contributed by atoms with E-state index in [4.69, 9.17) is 5.11 Å². The first-order valence-electron chi connectivity index (χ1n) is 5.43. The lowest BCUT2D eigenvalue weighted by molar-refractivity contribution is 0.0688. The number of halogens is 2. The van der Waals surface area contributed by atoms with Gasteiger partial charge in [0.15, 0.2) is 5.69 Å². The minimum atomic E-state index is -1.24. The molecule has 0 saturated heterocycles. The molecular formula is C12H9BrFN3O3. The first kappa shape index (κ1) is 14.2. The van der Waals surface area contributed by atoms with Gasteiger partial charge >= 0.3 is 5.97 Å². The molecule has 104 valence electrons. The molecule has 0 radical (unpaired) electrons. The Morgan fingerprint density at radius 2 is 2.05 bits per heavy atom. The maximum atomic E-state index is 13.5. The number of rotatable bonds is 3. The zero-order valence-electron chi connectivity index (χ0n) is 10.2. The molecule has 0 atom stereocenters. The van der Waals surface area contributed by atoms with Crippen LogP contribution < -0.4 is 5.32 Å². The second-order valence-electron chi connectivity index (χ2n) is 3.87. The summed E-state index contributed by atoms with van der Waals surface area (Å²) in [7, 11) is 1.47. The van der Waals surface area contributed by atoms with Crippen molar-refractivity contribution in [2.24, 2.45) is 7.05 Å². The van der Waals surface area contributed by atoms with Gasteiger partial charge in [0.25, 0.3) is 5.91 Å². The van der Waals surface area contributed by atoms with E-state index in [2.05, 4.69) is 26.3 Å². The van der Waals surface area contributed by atoms with Gasteiger partial charge in [0.1, 0.15) is 11.6 Å². The average Bonchev–Trinajstić information content (AvgIpc) is 2.67. The molecule has 6 nitrogen and oxygen atoms in total. The van der Waals surface area contributed by atoms with E-state index in [-0.39, 0.29) is 21.5 Å². The second kappa shape index (κ2) is 5.41. The molecule has 0 aliphatic heterocycles. The largest absolute Gasteiger partial charge is 0.476 e. The van der Waals surface area contributed by atoms with E-state index in [1.807, 2.05) is 0 Å². The summed E-state index contributed by atoms with van der Waals surface area (Å²) in [5.74, 6) is -2.46. The Labute approximate surface area is 121 Å². The summed E-state index contributed by atoms with van der Waals surface area (Å²) < 4.78 is 14.8. The van der Waals surface area contributed by atoms with Crippen LogP contribution in [0.3, 0.4) is 0 Å². The topological polar surface area (TPSA) is 84.2 Å². The zero-order valence-corrected chi connectivity index (χ0v) is 11.8. The normalized spacial score (nSPS) is 10.3. The van der Waals surface area contributed by atoms with Crippen molar-refractivity contribution in [2.45, 2.75) is 0 Å². The van der Waals surface area contributed by atoms with Crippen molar-refractivity contribution in [1.82, 2.24) is 9.78 Å². The van der Waals surface area contributed by atoms with Gasteiger partial charge < -0.3 is 10.4 Å². The molecule has 1 amide bonds. The van der Waals surface area contributed by atoms with Gasteiger partial charge in [-0.3, -0.25) is 9.48 Å². The van der Waals surface area contributed by atoms with Gasteiger partial charge in [0, 0.05) is 7.05 Å². The monoisotopic (exact) mass is 341 g/mol. The molecule has 1 heterocycles. The first-order chi connectivity index (χ1) is 9.41. The third-order valence-corrected chi connectivity index (χ3v) is 3.29. The summed E-state index contributed by atoms with van der Waals surface area (Å²) in [5, 5.41) is 15.1. The van der Waals surface area contributed by atoms with Crippen molar-refractivity contribution in [1.29, 1.82) is 0 Å². The van der Waals surface area contributed by atoms with Gasteiger partial charge in [-0.25, -0.2) is 9.18 Å². The molecule has 0 unspecified atom stereocenters. The number of hydrogen-bond donors (Lipinski definition) is 2. The fraction of sp³-hybridized carbons (Fsp3) is 0.0833. The number of carboxylic acid groups (broad SMARTS) is 1. The standard InChI is InChI=1S/C12H9BrFN3O3/c1-17-10(8(13)9(16-17)12(19)20)15-11(18)6-4-2-3-5-7(6)14/h2-5H,1H3,(H,15,18)(H,19,20). The van der Waals surface area contributed by atoms with Crippen LogP contribution in [0.15, 0.2) is 28.7 Å². The molecule has 0 spiro atoms. The summed E-state index contributed by atoms with van der Waals surface area (Å²) in [6.45, 7) is 0. The Hall–Kier alpha value is -2.22. The minimum absolute atomic E-state index is 0.122. The fourth-order valence-electron chi connectivity index (χ4n) is 1.59.